The first-order valence-electron chi connectivity index (χ1n) is 6.99. The van der Waals surface area contributed by atoms with Crippen LogP contribution in [0.1, 0.15) is 29.9 Å². The second-order valence-corrected chi connectivity index (χ2v) is 5.21. The molecule has 20 heavy (non-hydrogen) atoms. The van der Waals surface area contributed by atoms with Crippen molar-refractivity contribution in [3.8, 4) is 5.75 Å². The molecule has 0 N–H and O–H groups in total. The van der Waals surface area contributed by atoms with Crippen molar-refractivity contribution < 1.29 is 13.5 Å². The highest BCUT2D eigenvalue weighted by atomic mass is 19.3. The van der Waals surface area contributed by atoms with E-state index in [-0.39, 0.29) is 0 Å². The van der Waals surface area contributed by atoms with Gasteiger partial charge in [0.25, 0.3) is 0 Å². The maximum atomic E-state index is 12.4. The van der Waals surface area contributed by atoms with Crippen molar-refractivity contribution in [1.82, 2.24) is 4.90 Å². The van der Waals surface area contributed by atoms with Gasteiger partial charge in [0.15, 0.2) is 0 Å². The summed E-state index contributed by atoms with van der Waals surface area (Å²) >= 11 is 0. The number of piperidine rings is 1. The fraction of sp³-hybridized carbons (Fsp3) is 0.500. The van der Waals surface area contributed by atoms with E-state index in [0.717, 1.165) is 43.6 Å². The van der Waals surface area contributed by atoms with E-state index < -0.39 is 6.61 Å². The van der Waals surface area contributed by atoms with E-state index in [0.29, 0.717) is 11.7 Å². The van der Waals surface area contributed by atoms with Gasteiger partial charge in [-0.1, -0.05) is 18.2 Å². The molecule has 1 aliphatic rings. The highest BCUT2D eigenvalue weighted by molar-refractivity contribution is 5.41. The molecule has 1 aromatic rings. The van der Waals surface area contributed by atoms with Crippen LogP contribution in [0.15, 0.2) is 30.9 Å². The molecule has 0 unspecified atom stereocenters. The third-order valence-corrected chi connectivity index (χ3v) is 3.96. The first-order chi connectivity index (χ1) is 9.61. The fourth-order valence-corrected chi connectivity index (χ4v) is 2.91. The van der Waals surface area contributed by atoms with Gasteiger partial charge in [-0.25, -0.2) is 0 Å². The lowest BCUT2D eigenvalue weighted by Gasteiger charge is -2.32. The third-order valence-electron chi connectivity index (χ3n) is 3.96. The summed E-state index contributed by atoms with van der Waals surface area (Å²) in [5.41, 5.74) is 1.98. The molecular formula is C16H21F2NO. The largest absolute Gasteiger partial charge is 0.435 e. The molecule has 0 amide bonds. The summed E-state index contributed by atoms with van der Waals surface area (Å²) in [6, 6.07) is 5.44. The van der Waals surface area contributed by atoms with Gasteiger partial charge in [0.2, 0.25) is 0 Å². The number of rotatable bonds is 5. The summed E-state index contributed by atoms with van der Waals surface area (Å²) in [5, 5.41) is 0. The molecule has 1 heterocycles. The molecule has 0 saturated carbocycles. The molecule has 0 spiro atoms. The highest BCUT2D eigenvalue weighted by Gasteiger charge is 2.22. The third kappa shape index (κ3) is 3.57. The molecule has 1 saturated heterocycles. The second kappa shape index (κ2) is 6.84. The van der Waals surface area contributed by atoms with Crippen molar-refractivity contribution in [2.45, 2.75) is 32.3 Å². The zero-order chi connectivity index (χ0) is 14.5. The molecule has 0 aliphatic carbocycles. The van der Waals surface area contributed by atoms with E-state index in [1.807, 2.05) is 19.1 Å². The number of ether oxygens (including phenoxy) is 1. The van der Waals surface area contributed by atoms with Crippen LogP contribution >= 0.6 is 0 Å². The van der Waals surface area contributed by atoms with Crippen LogP contribution in [0.5, 0.6) is 5.75 Å². The lowest BCUT2D eigenvalue weighted by Crippen LogP contribution is -2.33. The van der Waals surface area contributed by atoms with Gasteiger partial charge < -0.3 is 4.74 Å². The van der Waals surface area contributed by atoms with Crippen LogP contribution in [0.3, 0.4) is 0 Å². The molecule has 0 radical (unpaired) electrons. The molecule has 0 aromatic heterocycles. The average molecular weight is 281 g/mol. The topological polar surface area (TPSA) is 12.5 Å². The van der Waals surface area contributed by atoms with Crippen molar-refractivity contribution in [2.24, 2.45) is 0 Å². The number of hydrogen-bond donors (Lipinski definition) is 0. The predicted molar refractivity (Wildman–Crippen MR) is 76.4 cm³/mol. The van der Waals surface area contributed by atoms with Gasteiger partial charge in [-0.2, -0.15) is 8.78 Å². The van der Waals surface area contributed by atoms with E-state index in [9.17, 15) is 8.78 Å². The Morgan fingerprint density at radius 3 is 2.70 bits per heavy atom. The zero-order valence-electron chi connectivity index (χ0n) is 11.8. The summed E-state index contributed by atoms with van der Waals surface area (Å²) in [7, 11) is 0. The summed E-state index contributed by atoms with van der Waals surface area (Å²) < 4.78 is 29.3. The van der Waals surface area contributed by atoms with Crippen LogP contribution < -0.4 is 4.74 Å². The number of likely N-dealkylation sites (tertiary alicyclic amines) is 1. The van der Waals surface area contributed by atoms with Crippen LogP contribution in [0.2, 0.25) is 0 Å². The first kappa shape index (κ1) is 15.0. The molecule has 2 rings (SSSR count). The summed E-state index contributed by atoms with van der Waals surface area (Å²) in [6.45, 7) is 5.82. The molecule has 1 fully saturated rings. The van der Waals surface area contributed by atoms with Crippen LogP contribution in [0.4, 0.5) is 8.78 Å². The quantitative estimate of drug-likeness (QED) is 0.757. The van der Waals surface area contributed by atoms with E-state index in [2.05, 4.69) is 16.2 Å². The molecule has 0 atom stereocenters. The molecular weight excluding hydrogens is 260 g/mol. The van der Waals surface area contributed by atoms with Gasteiger partial charge in [-0.05, 0) is 56.0 Å². The van der Waals surface area contributed by atoms with Gasteiger partial charge in [-0.15, -0.1) is 6.58 Å². The Kier molecular flexibility index (Phi) is 5.12. The normalized spacial score (nSPS) is 17.4. The average Bonchev–Trinajstić information content (AvgIpc) is 2.42. The molecule has 0 bridgehead atoms. The van der Waals surface area contributed by atoms with Crippen LogP contribution in [-0.4, -0.2) is 31.1 Å². The Morgan fingerprint density at radius 2 is 2.10 bits per heavy atom. The monoisotopic (exact) mass is 281 g/mol. The Balaban J connectivity index is 2.08. The van der Waals surface area contributed by atoms with Crippen molar-refractivity contribution in [2.75, 3.05) is 19.6 Å². The van der Waals surface area contributed by atoms with Gasteiger partial charge in [-0.3, -0.25) is 4.90 Å². The number of benzene rings is 1. The summed E-state index contributed by atoms with van der Waals surface area (Å²) in [4.78, 5) is 2.36. The van der Waals surface area contributed by atoms with Crippen LogP contribution in [0.25, 0.3) is 0 Å². The minimum Gasteiger partial charge on any atom is -0.435 e. The fourth-order valence-electron chi connectivity index (χ4n) is 2.91. The Hall–Kier alpha value is -1.42. The standard InChI is InChI=1S/C16H21F2NO/c1-3-9-19-10-7-13(8-11-19)14-5-4-6-15(12(14)2)20-16(17)18/h3-6,13,16H,1,7-11H2,2H3. The van der Waals surface area contributed by atoms with E-state index in [1.165, 1.54) is 0 Å². The maximum Gasteiger partial charge on any atom is 0.387 e. The lowest BCUT2D eigenvalue weighted by molar-refractivity contribution is -0.0503. The zero-order valence-corrected chi connectivity index (χ0v) is 11.8. The lowest BCUT2D eigenvalue weighted by atomic mass is 9.86. The first-order valence-corrected chi connectivity index (χ1v) is 6.99. The molecule has 1 aromatic carbocycles. The number of alkyl halides is 2. The van der Waals surface area contributed by atoms with Crippen molar-refractivity contribution in [3.63, 3.8) is 0 Å². The minimum atomic E-state index is -2.77. The molecule has 4 heteroatoms. The predicted octanol–water partition coefficient (Wildman–Crippen LogP) is 3.96. The summed E-state index contributed by atoms with van der Waals surface area (Å²) in [5.74, 6) is 0.725. The maximum absolute atomic E-state index is 12.4. The van der Waals surface area contributed by atoms with Gasteiger partial charge >= 0.3 is 6.61 Å². The molecule has 2 nitrogen and oxygen atoms in total. The van der Waals surface area contributed by atoms with Crippen molar-refractivity contribution in [1.29, 1.82) is 0 Å². The number of hydrogen-bond acceptors (Lipinski definition) is 2. The molecule has 110 valence electrons. The van der Waals surface area contributed by atoms with Crippen LogP contribution in [-0.2, 0) is 0 Å². The van der Waals surface area contributed by atoms with Gasteiger partial charge in [0.1, 0.15) is 5.75 Å². The Bertz CT molecular complexity index is 454. The smallest absolute Gasteiger partial charge is 0.387 e. The van der Waals surface area contributed by atoms with E-state index in [1.54, 1.807) is 12.1 Å². The number of halogens is 2. The SMILES string of the molecule is C=CCN1CCC(c2cccc(OC(F)F)c2C)CC1. The summed E-state index contributed by atoms with van der Waals surface area (Å²) in [6.07, 6.45) is 4.02. The van der Waals surface area contributed by atoms with Crippen molar-refractivity contribution in [3.05, 3.63) is 42.0 Å². The Morgan fingerprint density at radius 1 is 1.40 bits per heavy atom. The van der Waals surface area contributed by atoms with E-state index >= 15 is 0 Å². The second-order valence-electron chi connectivity index (χ2n) is 5.21. The molecule has 1 aliphatic heterocycles. The highest BCUT2D eigenvalue weighted by Crippen LogP contribution is 2.34. The van der Waals surface area contributed by atoms with Gasteiger partial charge in [0, 0.05) is 6.54 Å². The minimum absolute atomic E-state index is 0.297. The van der Waals surface area contributed by atoms with Crippen molar-refractivity contribution >= 4 is 0 Å². The van der Waals surface area contributed by atoms with Crippen LogP contribution in [0, 0.1) is 6.92 Å². The Labute approximate surface area is 119 Å². The number of nitrogens with zero attached hydrogens (tertiary/aromatic N) is 1. The van der Waals surface area contributed by atoms with E-state index in [4.69, 9.17) is 0 Å². The van der Waals surface area contributed by atoms with Gasteiger partial charge in [0.05, 0.1) is 0 Å².